The third-order valence-electron chi connectivity index (χ3n) is 4.24. The number of hydrogen-bond acceptors (Lipinski definition) is 1. The molecule has 0 spiro atoms. The largest absolute Gasteiger partial charge is 0.391 e. The molecule has 0 saturated heterocycles. The Morgan fingerprint density at radius 1 is 1.22 bits per heavy atom. The van der Waals surface area contributed by atoms with E-state index in [-0.39, 0.29) is 24.5 Å². The molecule has 0 aromatic carbocycles. The summed E-state index contributed by atoms with van der Waals surface area (Å²) in [6.07, 6.45) is -0.429. The van der Waals surface area contributed by atoms with Crippen molar-refractivity contribution in [3.8, 4) is 0 Å². The Hall–Kier alpha value is -0.540. The van der Waals surface area contributed by atoms with Crippen LogP contribution in [0.4, 0.5) is 13.2 Å². The maximum atomic E-state index is 12.7. The number of carbonyl (C=O) groups excluding carboxylic acids is 1. The molecule has 1 nitrogen and oxygen atoms in total. The molecule has 0 heterocycles. The van der Waals surface area contributed by atoms with E-state index in [1.54, 1.807) is 0 Å². The van der Waals surface area contributed by atoms with Gasteiger partial charge in [0.15, 0.2) is 0 Å². The number of ketones is 1. The molecule has 106 valence electrons. The molecule has 4 heteroatoms. The molecule has 0 aromatic rings. The lowest BCUT2D eigenvalue weighted by Crippen LogP contribution is -2.32. The standard InChI is InChI=1S/C14H23F3O/c1-3-10(4-2)8-13(18)11-6-5-7-12(9-11)14(15,16)17/h10-12H,3-9H2,1-2H3. The van der Waals surface area contributed by atoms with Crippen molar-refractivity contribution in [3.05, 3.63) is 0 Å². The monoisotopic (exact) mass is 264 g/mol. The van der Waals surface area contributed by atoms with E-state index in [0.29, 0.717) is 25.2 Å². The van der Waals surface area contributed by atoms with Crippen molar-refractivity contribution in [1.29, 1.82) is 0 Å². The van der Waals surface area contributed by atoms with Gasteiger partial charge in [0.25, 0.3) is 0 Å². The second-order valence-electron chi connectivity index (χ2n) is 5.46. The van der Waals surface area contributed by atoms with Crippen LogP contribution >= 0.6 is 0 Å². The van der Waals surface area contributed by atoms with E-state index in [1.807, 2.05) is 13.8 Å². The molecular formula is C14H23F3O. The predicted octanol–water partition coefficient (Wildman–Crippen LogP) is 4.75. The summed E-state index contributed by atoms with van der Waals surface area (Å²) >= 11 is 0. The fourth-order valence-corrected chi connectivity index (χ4v) is 2.81. The third-order valence-corrected chi connectivity index (χ3v) is 4.24. The first-order valence-corrected chi connectivity index (χ1v) is 6.97. The van der Waals surface area contributed by atoms with Gasteiger partial charge in [-0.2, -0.15) is 13.2 Å². The van der Waals surface area contributed by atoms with Crippen molar-refractivity contribution in [2.75, 3.05) is 0 Å². The quantitative estimate of drug-likeness (QED) is 0.700. The molecule has 0 N–H and O–H groups in total. The average Bonchev–Trinajstić information content (AvgIpc) is 2.34. The van der Waals surface area contributed by atoms with Gasteiger partial charge in [-0.3, -0.25) is 4.79 Å². The Morgan fingerprint density at radius 3 is 2.33 bits per heavy atom. The zero-order chi connectivity index (χ0) is 13.8. The number of rotatable bonds is 5. The van der Waals surface area contributed by atoms with Crippen LogP contribution in [0.25, 0.3) is 0 Å². The van der Waals surface area contributed by atoms with E-state index in [9.17, 15) is 18.0 Å². The summed E-state index contributed by atoms with van der Waals surface area (Å²) in [4.78, 5) is 12.0. The predicted molar refractivity (Wildman–Crippen MR) is 65.2 cm³/mol. The normalized spacial score (nSPS) is 25.4. The number of hydrogen-bond donors (Lipinski definition) is 0. The molecule has 1 saturated carbocycles. The fraction of sp³-hybridized carbons (Fsp3) is 0.929. The van der Waals surface area contributed by atoms with Gasteiger partial charge in [0.1, 0.15) is 5.78 Å². The molecular weight excluding hydrogens is 241 g/mol. The highest BCUT2D eigenvalue weighted by atomic mass is 19.4. The summed E-state index contributed by atoms with van der Waals surface area (Å²) in [6.45, 7) is 4.06. The van der Waals surface area contributed by atoms with E-state index in [2.05, 4.69) is 0 Å². The highest BCUT2D eigenvalue weighted by molar-refractivity contribution is 5.81. The molecule has 1 aliphatic carbocycles. The van der Waals surface area contributed by atoms with Gasteiger partial charge in [0.2, 0.25) is 0 Å². The summed E-state index contributed by atoms with van der Waals surface area (Å²) in [7, 11) is 0. The number of alkyl halides is 3. The Labute approximate surface area is 107 Å². The van der Waals surface area contributed by atoms with Gasteiger partial charge >= 0.3 is 6.18 Å². The highest BCUT2D eigenvalue weighted by Gasteiger charge is 2.43. The van der Waals surface area contributed by atoms with Gasteiger partial charge in [-0.05, 0) is 25.2 Å². The van der Waals surface area contributed by atoms with Crippen LogP contribution in [0.1, 0.15) is 58.8 Å². The van der Waals surface area contributed by atoms with Crippen LogP contribution in [0, 0.1) is 17.8 Å². The number of carbonyl (C=O) groups is 1. The van der Waals surface area contributed by atoms with Crippen LogP contribution in [-0.2, 0) is 4.79 Å². The lowest BCUT2D eigenvalue weighted by molar-refractivity contribution is -0.186. The van der Waals surface area contributed by atoms with Crippen LogP contribution in [0.3, 0.4) is 0 Å². The summed E-state index contributed by atoms with van der Waals surface area (Å²) in [5.74, 6) is -1.23. The topological polar surface area (TPSA) is 17.1 Å². The molecule has 0 aliphatic heterocycles. The molecule has 2 atom stereocenters. The van der Waals surface area contributed by atoms with Crippen LogP contribution in [0.2, 0.25) is 0 Å². The fourth-order valence-electron chi connectivity index (χ4n) is 2.81. The Balaban J connectivity index is 2.53. The first-order valence-electron chi connectivity index (χ1n) is 6.97. The van der Waals surface area contributed by atoms with Crippen molar-refractivity contribution < 1.29 is 18.0 Å². The number of Topliss-reactive ketones (excluding diaryl/α,β-unsaturated/α-hetero) is 1. The maximum absolute atomic E-state index is 12.7. The minimum atomic E-state index is -4.13. The molecule has 1 fully saturated rings. The summed E-state index contributed by atoms with van der Waals surface area (Å²) in [6, 6.07) is 0. The molecule has 1 rings (SSSR count). The molecule has 0 amide bonds. The second-order valence-corrected chi connectivity index (χ2v) is 5.46. The van der Waals surface area contributed by atoms with Crippen LogP contribution < -0.4 is 0 Å². The average molecular weight is 264 g/mol. The smallest absolute Gasteiger partial charge is 0.299 e. The van der Waals surface area contributed by atoms with Crippen molar-refractivity contribution >= 4 is 5.78 Å². The van der Waals surface area contributed by atoms with E-state index in [1.165, 1.54) is 0 Å². The first kappa shape index (κ1) is 15.5. The van der Waals surface area contributed by atoms with E-state index in [0.717, 1.165) is 12.8 Å². The van der Waals surface area contributed by atoms with Gasteiger partial charge in [-0.15, -0.1) is 0 Å². The van der Waals surface area contributed by atoms with E-state index in [4.69, 9.17) is 0 Å². The number of halogens is 3. The Morgan fingerprint density at radius 2 is 1.83 bits per heavy atom. The van der Waals surface area contributed by atoms with Crippen LogP contribution in [0.15, 0.2) is 0 Å². The van der Waals surface area contributed by atoms with E-state index < -0.39 is 12.1 Å². The van der Waals surface area contributed by atoms with Gasteiger partial charge in [-0.1, -0.05) is 33.1 Å². The molecule has 2 unspecified atom stereocenters. The summed E-state index contributed by atoms with van der Waals surface area (Å²) in [5.41, 5.74) is 0. The van der Waals surface area contributed by atoms with Crippen LogP contribution in [0.5, 0.6) is 0 Å². The molecule has 0 aromatic heterocycles. The minimum absolute atomic E-state index is 0.0164. The van der Waals surface area contributed by atoms with Crippen molar-refractivity contribution in [2.24, 2.45) is 17.8 Å². The zero-order valence-corrected chi connectivity index (χ0v) is 11.2. The van der Waals surface area contributed by atoms with Crippen LogP contribution in [-0.4, -0.2) is 12.0 Å². The lowest BCUT2D eigenvalue weighted by atomic mass is 9.77. The second kappa shape index (κ2) is 6.58. The van der Waals surface area contributed by atoms with Crippen molar-refractivity contribution in [2.45, 2.75) is 65.0 Å². The van der Waals surface area contributed by atoms with E-state index >= 15 is 0 Å². The van der Waals surface area contributed by atoms with Crippen molar-refractivity contribution in [1.82, 2.24) is 0 Å². The molecule has 0 bridgehead atoms. The highest BCUT2D eigenvalue weighted by Crippen LogP contribution is 2.40. The van der Waals surface area contributed by atoms with Gasteiger partial charge < -0.3 is 0 Å². The molecule has 18 heavy (non-hydrogen) atoms. The van der Waals surface area contributed by atoms with Gasteiger partial charge in [0.05, 0.1) is 5.92 Å². The first-order chi connectivity index (χ1) is 8.38. The minimum Gasteiger partial charge on any atom is -0.299 e. The lowest BCUT2D eigenvalue weighted by Gasteiger charge is -2.30. The Kier molecular flexibility index (Phi) is 5.67. The molecule has 1 aliphatic rings. The SMILES string of the molecule is CCC(CC)CC(=O)C1CCCC(C(F)(F)F)C1. The third kappa shape index (κ3) is 4.29. The summed E-state index contributed by atoms with van der Waals surface area (Å²) in [5, 5.41) is 0. The van der Waals surface area contributed by atoms with Crippen molar-refractivity contribution in [3.63, 3.8) is 0 Å². The zero-order valence-electron chi connectivity index (χ0n) is 11.2. The maximum Gasteiger partial charge on any atom is 0.391 e. The van der Waals surface area contributed by atoms with Gasteiger partial charge in [0, 0.05) is 12.3 Å². The Bertz CT molecular complexity index is 269. The molecule has 0 radical (unpaired) electrons. The summed E-state index contributed by atoms with van der Waals surface area (Å²) < 4.78 is 38.0. The van der Waals surface area contributed by atoms with Gasteiger partial charge in [-0.25, -0.2) is 0 Å².